The lowest BCUT2D eigenvalue weighted by atomic mass is 9.99. The molecular weight excluding hydrogens is 516 g/mol. The van der Waals surface area contributed by atoms with Gasteiger partial charge in [0.05, 0.1) is 5.78 Å². The van der Waals surface area contributed by atoms with E-state index >= 15 is 0 Å². The summed E-state index contributed by atoms with van der Waals surface area (Å²) >= 11 is 0. The lowest BCUT2D eigenvalue weighted by molar-refractivity contribution is 0.0268. The second-order valence-corrected chi connectivity index (χ2v) is 18.2. The molecule has 212 valence electrons. The average Bonchev–Trinajstić information content (AvgIpc) is 3.37. The monoisotopic (exact) mass is 565 g/mol. The third-order valence-corrected chi connectivity index (χ3v) is 15.5. The van der Waals surface area contributed by atoms with Crippen molar-refractivity contribution in [2.24, 2.45) is 5.92 Å². The fourth-order valence-electron chi connectivity index (χ4n) is 7.21. The predicted molar refractivity (Wildman–Crippen MR) is 169 cm³/mol. The molecule has 2 atom stereocenters. The van der Waals surface area contributed by atoms with Gasteiger partial charge >= 0.3 is 6.09 Å². The van der Waals surface area contributed by atoms with E-state index in [0.29, 0.717) is 11.7 Å². The minimum Gasteiger partial charge on any atom is -0.444 e. The lowest BCUT2D eigenvalue weighted by Crippen LogP contribution is -2.42. The maximum absolute atomic E-state index is 13.8. The van der Waals surface area contributed by atoms with Crippen molar-refractivity contribution in [1.29, 1.82) is 0 Å². The number of nitrogens with zero attached hydrogens (tertiary/aromatic N) is 1. The van der Waals surface area contributed by atoms with Crippen LogP contribution >= 0.6 is 15.8 Å². The first kappa shape index (κ1) is 29.1. The highest BCUT2D eigenvalue weighted by Gasteiger charge is 2.46. The molecule has 1 saturated heterocycles. The van der Waals surface area contributed by atoms with E-state index < -0.39 is 13.5 Å². The molecule has 2 aromatic carbocycles. The fourth-order valence-corrected chi connectivity index (χ4v) is 14.3. The number of hydrogen-bond donors (Lipinski definition) is 0. The molecule has 0 spiro atoms. The van der Waals surface area contributed by atoms with E-state index in [-0.39, 0.29) is 14.0 Å². The summed E-state index contributed by atoms with van der Waals surface area (Å²) in [5, 5.41) is 2.90. The summed E-state index contributed by atoms with van der Waals surface area (Å²) in [6.45, 7) is 6.91. The standard InChI is InChI=1S/C34H49NO2P2/c1-34(2,3)37-33(36)35-25-27(26-38(28-16-8-4-9-17-28)29-18-10-5-11-19-29)24-32(35)39(30-20-12-6-13-21-30)31-22-14-7-15-23-31/h4-5,8-11,16-19,27,30-32H,6-7,12-15,20-26H2,1-3H3. The van der Waals surface area contributed by atoms with E-state index in [2.05, 4.69) is 65.6 Å². The molecule has 1 aliphatic heterocycles. The van der Waals surface area contributed by atoms with Gasteiger partial charge in [-0.25, -0.2) is 4.79 Å². The molecule has 5 rings (SSSR count). The molecule has 5 heteroatoms. The summed E-state index contributed by atoms with van der Waals surface area (Å²) in [5.74, 6) is 0.903. The Labute approximate surface area is 240 Å². The molecule has 0 aromatic heterocycles. The number of benzene rings is 2. The van der Waals surface area contributed by atoms with Gasteiger partial charge in [0.15, 0.2) is 0 Å². The Morgan fingerprint density at radius 3 is 1.74 bits per heavy atom. The van der Waals surface area contributed by atoms with Crippen LogP contribution in [0.4, 0.5) is 4.79 Å². The number of carbonyl (C=O) groups is 1. The minimum absolute atomic E-state index is 0.0575. The van der Waals surface area contributed by atoms with Gasteiger partial charge in [0.2, 0.25) is 0 Å². The zero-order valence-corrected chi connectivity index (χ0v) is 26.2. The van der Waals surface area contributed by atoms with Crippen LogP contribution in [-0.2, 0) is 4.74 Å². The molecule has 3 aliphatic rings. The number of likely N-dealkylation sites (tertiary alicyclic amines) is 1. The molecule has 0 N–H and O–H groups in total. The Balaban J connectivity index is 1.44. The van der Waals surface area contributed by atoms with Crippen LogP contribution < -0.4 is 10.6 Å². The fraction of sp³-hybridized carbons (Fsp3) is 0.618. The van der Waals surface area contributed by atoms with Gasteiger partial charge < -0.3 is 9.64 Å². The number of ether oxygens (including phenoxy) is 1. The van der Waals surface area contributed by atoms with E-state index in [9.17, 15) is 4.79 Å². The van der Waals surface area contributed by atoms with E-state index in [0.717, 1.165) is 30.4 Å². The van der Waals surface area contributed by atoms with Gasteiger partial charge in [-0.05, 0) is 94.8 Å². The Bertz CT molecular complexity index is 971. The van der Waals surface area contributed by atoms with Gasteiger partial charge in [0, 0.05) is 6.54 Å². The Hall–Kier alpha value is -1.43. The molecule has 39 heavy (non-hydrogen) atoms. The summed E-state index contributed by atoms with van der Waals surface area (Å²) in [5.41, 5.74) is 1.20. The SMILES string of the molecule is CC(C)(C)OC(=O)N1CC(CP(c2ccccc2)c2ccccc2)CC1P(C1CCCCC1)C1CCCCC1. The predicted octanol–water partition coefficient (Wildman–Crippen LogP) is 8.85. The third-order valence-electron chi connectivity index (χ3n) is 8.90. The number of amides is 1. The second kappa shape index (κ2) is 13.5. The van der Waals surface area contributed by atoms with Crippen LogP contribution in [0.3, 0.4) is 0 Å². The molecule has 1 heterocycles. The van der Waals surface area contributed by atoms with Crippen LogP contribution in [0.5, 0.6) is 0 Å². The van der Waals surface area contributed by atoms with Crippen molar-refractivity contribution >= 4 is 32.5 Å². The van der Waals surface area contributed by atoms with Crippen LogP contribution in [0.2, 0.25) is 0 Å². The van der Waals surface area contributed by atoms with Crippen molar-refractivity contribution in [2.75, 3.05) is 12.7 Å². The summed E-state index contributed by atoms with van der Waals surface area (Å²) in [6, 6.07) is 22.2. The lowest BCUT2D eigenvalue weighted by Gasteiger charge is -2.44. The first-order valence-electron chi connectivity index (χ1n) is 15.5. The van der Waals surface area contributed by atoms with Crippen molar-refractivity contribution in [2.45, 2.75) is 114 Å². The highest BCUT2D eigenvalue weighted by atomic mass is 31.1. The third kappa shape index (κ3) is 7.65. The molecular formula is C34H49NO2P2. The van der Waals surface area contributed by atoms with Crippen molar-refractivity contribution in [3.05, 3.63) is 60.7 Å². The summed E-state index contributed by atoms with van der Waals surface area (Å²) in [6.07, 6.45) is 16.1. The first-order valence-corrected chi connectivity index (χ1v) is 18.6. The molecule has 3 fully saturated rings. The number of hydrogen-bond acceptors (Lipinski definition) is 2. The summed E-state index contributed by atoms with van der Waals surface area (Å²) < 4.78 is 6.10. The largest absolute Gasteiger partial charge is 0.444 e. The van der Waals surface area contributed by atoms with Gasteiger partial charge in [0.1, 0.15) is 5.60 Å². The maximum Gasteiger partial charge on any atom is 0.410 e. The Kier molecular flexibility index (Phi) is 10.1. The zero-order valence-electron chi connectivity index (χ0n) is 24.4. The highest BCUT2D eigenvalue weighted by Crippen LogP contribution is 2.62. The van der Waals surface area contributed by atoms with Crippen LogP contribution in [0.25, 0.3) is 0 Å². The maximum atomic E-state index is 13.8. The average molecular weight is 566 g/mol. The molecule has 2 aliphatic carbocycles. The molecule has 2 unspecified atom stereocenters. The first-order chi connectivity index (χ1) is 18.9. The smallest absolute Gasteiger partial charge is 0.410 e. The number of carbonyl (C=O) groups excluding carboxylic acids is 1. The van der Waals surface area contributed by atoms with Crippen LogP contribution in [0.1, 0.15) is 91.4 Å². The molecule has 3 nitrogen and oxygen atoms in total. The van der Waals surface area contributed by atoms with Gasteiger partial charge in [-0.1, -0.05) is 107 Å². The van der Waals surface area contributed by atoms with Crippen LogP contribution in [0, 0.1) is 5.92 Å². The molecule has 1 amide bonds. The normalized spacial score (nSPS) is 23.5. The second-order valence-electron chi connectivity index (χ2n) is 13.0. The topological polar surface area (TPSA) is 29.5 Å². The quantitative estimate of drug-likeness (QED) is 0.314. The van der Waals surface area contributed by atoms with Crippen LogP contribution in [-0.4, -0.2) is 46.4 Å². The summed E-state index contributed by atoms with van der Waals surface area (Å²) in [7, 11) is -0.705. The van der Waals surface area contributed by atoms with E-state index in [1.54, 1.807) is 0 Å². The van der Waals surface area contributed by atoms with Crippen molar-refractivity contribution in [3.8, 4) is 0 Å². The van der Waals surface area contributed by atoms with E-state index in [4.69, 9.17) is 4.74 Å². The highest BCUT2D eigenvalue weighted by molar-refractivity contribution is 7.73. The molecule has 2 aromatic rings. The number of rotatable bonds is 7. The Morgan fingerprint density at radius 1 is 0.795 bits per heavy atom. The summed E-state index contributed by atoms with van der Waals surface area (Å²) in [4.78, 5) is 16.1. The van der Waals surface area contributed by atoms with E-state index in [1.165, 1.54) is 74.8 Å². The van der Waals surface area contributed by atoms with Gasteiger partial charge in [-0.3, -0.25) is 0 Å². The minimum atomic E-state index is -0.466. The van der Waals surface area contributed by atoms with Gasteiger partial charge in [0.25, 0.3) is 0 Å². The van der Waals surface area contributed by atoms with Crippen LogP contribution in [0.15, 0.2) is 60.7 Å². The van der Waals surface area contributed by atoms with Crippen molar-refractivity contribution in [1.82, 2.24) is 4.90 Å². The zero-order chi connectivity index (χ0) is 27.2. The molecule has 2 saturated carbocycles. The van der Waals surface area contributed by atoms with Gasteiger partial charge in [-0.2, -0.15) is 0 Å². The molecule has 0 bridgehead atoms. The van der Waals surface area contributed by atoms with Gasteiger partial charge in [-0.15, -0.1) is 0 Å². The molecule has 0 radical (unpaired) electrons. The Morgan fingerprint density at radius 2 is 1.28 bits per heavy atom. The van der Waals surface area contributed by atoms with Crippen molar-refractivity contribution in [3.63, 3.8) is 0 Å². The van der Waals surface area contributed by atoms with Crippen molar-refractivity contribution < 1.29 is 9.53 Å². The van der Waals surface area contributed by atoms with E-state index in [1.807, 2.05) is 20.8 Å².